The summed E-state index contributed by atoms with van der Waals surface area (Å²) >= 11 is 0. The Bertz CT molecular complexity index is 1040. The maximum absolute atomic E-state index is 14.5. The molecule has 6 nitrogen and oxygen atoms in total. The monoisotopic (exact) mass is 436 g/mol. The molecule has 1 heterocycles. The second-order valence-corrected chi connectivity index (χ2v) is 8.21. The number of anilines is 2. The van der Waals surface area contributed by atoms with Crippen LogP contribution in [0.1, 0.15) is 34.8 Å². The summed E-state index contributed by atoms with van der Waals surface area (Å²) < 4.78 is 14.5. The molecule has 1 aliphatic rings. The van der Waals surface area contributed by atoms with Crippen molar-refractivity contribution in [2.75, 3.05) is 49.1 Å². The fraction of sp³-hybridized carbons (Fsp3) is 0.400. The van der Waals surface area contributed by atoms with Gasteiger partial charge >= 0.3 is 0 Å². The van der Waals surface area contributed by atoms with Gasteiger partial charge in [-0.15, -0.1) is 0 Å². The zero-order valence-corrected chi connectivity index (χ0v) is 18.9. The van der Waals surface area contributed by atoms with Crippen LogP contribution in [0.5, 0.6) is 0 Å². The lowest BCUT2D eigenvalue weighted by molar-refractivity contribution is -0.119. The van der Waals surface area contributed by atoms with E-state index in [1.807, 2.05) is 36.9 Å². The molecule has 1 fully saturated rings. The third kappa shape index (κ3) is 5.51. The molecular weight excluding hydrogens is 407 g/mol. The quantitative estimate of drug-likeness (QED) is 0.619. The second-order valence-electron chi connectivity index (χ2n) is 8.21. The predicted molar refractivity (Wildman–Crippen MR) is 124 cm³/mol. The summed E-state index contributed by atoms with van der Waals surface area (Å²) in [5.41, 5.74) is 3.90. The van der Waals surface area contributed by atoms with Crippen molar-refractivity contribution >= 4 is 23.1 Å². The van der Waals surface area contributed by atoms with Crippen LogP contribution in [-0.4, -0.2) is 55.9 Å². The summed E-state index contributed by atoms with van der Waals surface area (Å²) in [6.07, 6.45) is 0.266. The molecule has 168 valence electrons. The number of amides is 1. The van der Waals surface area contributed by atoms with Crippen molar-refractivity contribution in [3.05, 3.63) is 58.9 Å². The Kier molecular flexibility index (Phi) is 7.60. The average molecular weight is 437 g/mol. The summed E-state index contributed by atoms with van der Waals surface area (Å²) in [6.45, 7) is 8.48. The molecule has 0 atom stereocenters. The minimum Gasteiger partial charge on any atom is -0.367 e. The van der Waals surface area contributed by atoms with Gasteiger partial charge < -0.3 is 9.80 Å². The molecule has 0 unspecified atom stereocenters. The Hall–Kier alpha value is -3.24. The summed E-state index contributed by atoms with van der Waals surface area (Å²) in [4.78, 5) is 30.2. The van der Waals surface area contributed by atoms with Crippen LogP contribution >= 0.6 is 0 Å². The number of carbonyl (C=O) groups excluding carboxylic acids is 2. The fourth-order valence-corrected chi connectivity index (χ4v) is 3.86. The van der Waals surface area contributed by atoms with Gasteiger partial charge in [0, 0.05) is 44.0 Å². The van der Waals surface area contributed by atoms with Crippen molar-refractivity contribution in [2.24, 2.45) is 0 Å². The number of nitriles is 1. The molecule has 0 saturated carbocycles. The summed E-state index contributed by atoms with van der Waals surface area (Å²) in [7, 11) is 0. The first kappa shape index (κ1) is 23.4. The molecule has 2 aromatic rings. The van der Waals surface area contributed by atoms with E-state index in [-0.39, 0.29) is 24.7 Å². The number of ketones is 1. The van der Waals surface area contributed by atoms with Gasteiger partial charge in [-0.25, -0.2) is 4.39 Å². The van der Waals surface area contributed by atoms with Crippen LogP contribution in [0.2, 0.25) is 0 Å². The van der Waals surface area contributed by atoms with Crippen LogP contribution in [0.25, 0.3) is 0 Å². The first-order valence-corrected chi connectivity index (χ1v) is 10.8. The van der Waals surface area contributed by atoms with Gasteiger partial charge in [0.25, 0.3) is 0 Å². The minimum absolute atomic E-state index is 0.0473. The average Bonchev–Trinajstić information content (AvgIpc) is 2.77. The van der Waals surface area contributed by atoms with Crippen LogP contribution in [0, 0.1) is 31.0 Å². The number of Topliss-reactive ketones (excluding diaryl/α,β-unsaturated/α-hetero) is 1. The van der Waals surface area contributed by atoms with E-state index < -0.39 is 5.82 Å². The molecule has 1 saturated heterocycles. The predicted octanol–water partition coefficient (Wildman–Crippen LogP) is 3.71. The highest BCUT2D eigenvalue weighted by Crippen LogP contribution is 2.23. The van der Waals surface area contributed by atoms with Crippen molar-refractivity contribution in [1.82, 2.24) is 4.90 Å². The molecule has 1 aliphatic heterocycles. The highest BCUT2D eigenvalue weighted by Gasteiger charge is 2.24. The van der Waals surface area contributed by atoms with Crippen molar-refractivity contribution < 1.29 is 14.0 Å². The lowest BCUT2D eigenvalue weighted by atomic mass is 10.1. The summed E-state index contributed by atoms with van der Waals surface area (Å²) in [6, 6.07) is 12.6. The summed E-state index contributed by atoms with van der Waals surface area (Å²) in [5, 5.41) is 9.02. The largest absolute Gasteiger partial charge is 0.367 e. The molecule has 0 spiro atoms. The molecule has 0 bridgehead atoms. The van der Waals surface area contributed by atoms with Crippen LogP contribution in [0.15, 0.2) is 36.4 Å². The van der Waals surface area contributed by atoms with Gasteiger partial charge in [-0.05, 0) is 62.2 Å². The van der Waals surface area contributed by atoms with Crippen LogP contribution < -0.4 is 9.80 Å². The lowest BCUT2D eigenvalue weighted by Crippen LogP contribution is -2.50. The summed E-state index contributed by atoms with van der Waals surface area (Å²) in [5.74, 6) is -0.614. The molecule has 32 heavy (non-hydrogen) atoms. The van der Waals surface area contributed by atoms with Gasteiger partial charge in [0.05, 0.1) is 24.7 Å². The van der Waals surface area contributed by atoms with E-state index in [0.29, 0.717) is 44.0 Å². The molecule has 2 aromatic carbocycles. The van der Waals surface area contributed by atoms with E-state index in [2.05, 4.69) is 11.0 Å². The number of benzene rings is 2. The van der Waals surface area contributed by atoms with Crippen LogP contribution in [-0.2, 0) is 4.79 Å². The van der Waals surface area contributed by atoms with E-state index in [1.165, 1.54) is 13.0 Å². The van der Waals surface area contributed by atoms with Crippen molar-refractivity contribution in [1.29, 1.82) is 5.26 Å². The standard InChI is InChI=1S/C25H29FN4O2/c1-18-5-7-22(15-19(18)2)30(10-4-9-27)25(32)17-28-11-13-29(14-12-28)24-8-6-21(20(3)31)16-23(24)26/h5-8,15-16H,4,10-14,17H2,1-3H3. The maximum atomic E-state index is 14.5. The van der Waals surface area contributed by atoms with Crippen LogP contribution in [0.3, 0.4) is 0 Å². The van der Waals surface area contributed by atoms with Crippen LogP contribution in [0.4, 0.5) is 15.8 Å². The first-order chi connectivity index (χ1) is 15.3. The normalized spacial score (nSPS) is 14.2. The van der Waals surface area contributed by atoms with Gasteiger partial charge in [-0.3, -0.25) is 14.5 Å². The number of rotatable bonds is 7. The first-order valence-electron chi connectivity index (χ1n) is 10.8. The molecule has 7 heteroatoms. The Morgan fingerprint density at radius 3 is 2.38 bits per heavy atom. The van der Waals surface area contributed by atoms with E-state index in [0.717, 1.165) is 16.8 Å². The number of hydrogen-bond acceptors (Lipinski definition) is 5. The van der Waals surface area contributed by atoms with Gasteiger partial charge in [0.15, 0.2) is 5.78 Å². The Labute approximate surface area is 188 Å². The van der Waals surface area contributed by atoms with Gasteiger partial charge in [0.1, 0.15) is 5.82 Å². The number of hydrogen-bond donors (Lipinski definition) is 0. The van der Waals surface area contributed by atoms with Gasteiger partial charge in [-0.2, -0.15) is 5.26 Å². The minimum atomic E-state index is -0.403. The highest BCUT2D eigenvalue weighted by atomic mass is 19.1. The Morgan fingerprint density at radius 1 is 1.06 bits per heavy atom. The smallest absolute Gasteiger partial charge is 0.241 e. The molecule has 0 aliphatic carbocycles. The Morgan fingerprint density at radius 2 is 1.78 bits per heavy atom. The van der Waals surface area contributed by atoms with E-state index in [4.69, 9.17) is 5.26 Å². The van der Waals surface area contributed by atoms with Crippen molar-refractivity contribution in [2.45, 2.75) is 27.2 Å². The number of aryl methyl sites for hydroxylation is 2. The molecule has 1 amide bonds. The lowest BCUT2D eigenvalue weighted by Gasteiger charge is -2.36. The third-order valence-corrected chi connectivity index (χ3v) is 5.98. The zero-order valence-electron chi connectivity index (χ0n) is 18.9. The fourth-order valence-electron chi connectivity index (χ4n) is 3.86. The molecule has 0 aromatic heterocycles. The zero-order chi connectivity index (χ0) is 23.3. The van der Waals surface area contributed by atoms with E-state index in [9.17, 15) is 14.0 Å². The molecule has 0 radical (unpaired) electrons. The second kappa shape index (κ2) is 10.4. The third-order valence-electron chi connectivity index (χ3n) is 5.98. The highest BCUT2D eigenvalue weighted by molar-refractivity contribution is 5.95. The topological polar surface area (TPSA) is 67.7 Å². The Balaban J connectivity index is 1.63. The number of carbonyl (C=O) groups is 2. The van der Waals surface area contributed by atoms with E-state index >= 15 is 0 Å². The SMILES string of the molecule is CC(=O)c1ccc(N2CCN(CC(=O)N(CCC#N)c3ccc(C)c(C)c3)CC2)c(F)c1. The molecule has 3 rings (SSSR count). The van der Waals surface area contributed by atoms with Crippen molar-refractivity contribution in [3.8, 4) is 6.07 Å². The van der Waals surface area contributed by atoms with E-state index in [1.54, 1.807) is 17.0 Å². The molecular formula is C25H29FN4O2. The van der Waals surface area contributed by atoms with Gasteiger partial charge in [-0.1, -0.05) is 6.07 Å². The molecule has 0 N–H and O–H groups in total. The van der Waals surface area contributed by atoms with Gasteiger partial charge in [0.2, 0.25) is 5.91 Å². The number of nitrogens with zero attached hydrogens (tertiary/aromatic N) is 4. The number of piperazine rings is 1. The maximum Gasteiger partial charge on any atom is 0.241 e. The number of halogens is 1. The van der Waals surface area contributed by atoms with Crippen molar-refractivity contribution in [3.63, 3.8) is 0 Å².